The van der Waals surface area contributed by atoms with Gasteiger partial charge in [0.2, 0.25) is 0 Å². The molecule has 2 heterocycles. The third kappa shape index (κ3) is 3.59. The van der Waals surface area contributed by atoms with Gasteiger partial charge in [0.25, 0.3) is 0 Å². The predicted molar refractivity (Wildman–Crippen MR) is 109 cm³/mol. The van der Waals surface area contributed by atoms with Crippen molar-refractivity contribution >= 4 is 11.9 Å². The second-order valence-corrected chi connectivity index (χ2v) is 6.21. The van der Waals surface area contributed by atoms with Gasteiger partial charge in [-0.2, -0.15) is 0 Å². The number of nitrogens with zero attached hydrogens (tertiary/aromatic N) is 2. The second kappa shape index (κ2) is 7.72. The molecule has 2 aromatic carbocycles. The Kier molecular flexibility index (Phi) is 4.80. The summed E-state index contributed by atoms with van der Waals surface area (Å²) in [5.41, 5.74) is 3.29. The Balaban J connectivity index is 1.69. The Bertz CT molecular complexity index is 1190. The number of imidazole rings is 1. The highest BCUT2D eigenvalue weighted by molar-refractivity contribution is 6.07. The molecule has 5 heteroatoms. The Morgan fingerprint density at radius 2 is 1.86 bits per heavy atom. The van der Waals surface area contributed by atoms with Crippen molar-refractivity contribution in [2.75, 3.05) is 0 Å². The summed E-state index contributed by atoms with van der Waals surface area (Å²) in [5, 5.41) is 0. The maximum Gasteiger partial charge on any atom is 0.330 e. The summed E-state index contributed by atoms with van der Waals surface area (Å²) >= 11 is 0. The minimum atomic E-state index is -0.275. The van der Waals surface area contributed by atoms with E-state index in [1.807, 2.05) is 42.5 Å². The first-order valence-electron chi connectivity index (χ1n) is 8.81. The molecule has 0 bridgehead atoms. The van der Waals surface area contributed by atoms with Gasteiger partial charge in [0.15, 0.2) is 5.78 Å². The fourth-order valence-electron chi connectivity index (χ4n) is 2.98. The SMILES string of the molecule is O=C(C=Cc1ccccc1)c1cccc(-n2c(-c3cccnc3)c[nH]c2=O)c1. The summed E-state index contributed by atoms with van der Waals surface area (Å²) in [6.45, 7) is 0. The topological polar surface area (TPSA) is 67.8 Å². The molecule has 4 aromatic rings. The first-order chi connectivity index (χ1) is 13.7. The molecule has 0 radical (unpaired) electrons. The van der Waals surface area contributed by atoms with Crippen LogP contribution >= 0.6 is 0 Å². The molecule has 0 aliphatic carbocycles. The minimum absolute atomic E-state index is 0.128. The van der Waals surface area contributed by atoms with Crippen LogP contribution in [0.3, 0.4) is 0 Å². The third-order valence-corrected chi connectivity index (χ3v) is 4.35. The normalized spacial score (nSPS) is 11.0. The molecular weight excluding hydrogens is 350 g/mol. The summed E-state index contributed by atoms with van der Waals surface area (Å²) in [5.74, 6) is -0.128. The fourth-order valence-corrected chi connectivity index (χ4v) is 2.98. The largest absolute Gasteiger partial charge is 0.330 e. The van der Waals surface area contributed by atoms with Gasteiger partial charge in [-0.3, -0.25) is 14.3 Å². The van der Waals surface area contributed by atoms with E-state index in [0.29, 0.717) is 16.9 Å². The van der Waals surface area contributed by atoms with Crippen LogP contribution in [0.2, 0.25) is 0 Å². The number of carbonyl (C=O) groups is 1. The summed E-state index contributed by atoms with van der Waals surface area (Å²) < 4.78 is 1.54. The number of rotatable bonds is 5. The zero-order valence-electron chi connectivity index (χ0n) is 14.9. The molecule has 4 rings (SSSR count). The highest BCUT2D eigenvalue weighted by atomic mass is 16.1. The monoisotopic (exact) mass is 367 g/mol. The number of carbonyl (C=O) groups excluding carboxylic acids is 1. The molecule has 0 unspecified atom stereocenters. The quantitative estimate of drug-likeness (QED) is 0.426. The first kappa shape index (κ1) is 17.4. The van der Waals surface area contributed by atoms with E-state index in [1.54, 1.807) is 48.9 Å². The maximum absolute atomic E-state index is 12.6. The molecule has 0 atom stereocenters. The molecule has 5 nitrogen and oxygen atoms in total. The highest BCUT2D eigenvalue weighted by Crippen LogP contribution is 2.20. The Hall–Kier alpha value is -3.99. The molecule has 0 amide bonds. The number of H-pyrrole nitrogens is 1. The molecule has 0 fully saturated rings. The van der Waals surface area contributed by atoms with E-state index >= 15 is 0 Å². The summed E-state index contributed by atoms with van der Waals surface area (Å²) in [6.07, 6.45) is 8.33. The van der Waals surface area contributed by atoms with Crippen LogP contribution < -0.4 is 5.69 Å². The van der Waals surface area contributed by atoms with Gasteiger partial charge in [0.05, 0.1) is 11.4 Å². The molecule has 136 valence electrons. The summed E-state index contributed by atoms with van der Waals surface area (Å²) in [7, 11) is 0. The third-order valence-electron chi connectivity index (χ3n) is 4.35. The van der Waals surface area contributed by atoms with Crippen LogP contribution in [0.5, 0.6) is 0 Å². The number of pyridine rings is 1. The number of allylic oxidation sites excluding steroid dienone is 1. The second-order valence-electron chi connectivity index (χ2n) is 6.21. The van der Waals surface area contributed by atoms with Crippen molar-refractivity contribution in [2.24, 2.45) is 0 Å². The molecule has 2 aromatic heterocycles. The minimum Gasteiger partial charge on any atom is -0.312 e. The van der Waals surface area contributed by atoms with Crippen LogP contribution in [0.1, 0.15) is 15.9 Å². The lowest BCUT2D eigenvalue weighted by Crippen LogP contribution is -2.16. The lowest BCUT2D eigenvalue weighted by atomic mass is 10.1. The molecule has 0 saturated heterocycles. The van der Waals surface area contributed by atoms with Gasteiger partial charge >= 0.3 is 5.69 Å². The van der Waals surface area contributed by atoms with Crippen molar-refractivity contribution in [2.45, 2.75) is 0 Å². The number of nitrogens with one attached hydrogen (secondary N) is 1. The zero-order valence-corrected chi connectivity index (χ0v) is 14.9. The molecule has 28 heavy (non-hydrogen) atoms. The fraction of sp³-hybridized carbons (Fsp3) is 0. The summed E-state index contributed by atoms with van der Waals surface area (Å²) in [4.78, 5) is 31.8. The van der Waals surface area contributed by atoms with Crippen LogP contribution in [-0.4, -0.2) is 20.3 Å². The van der Waals surface area contributed by atoms with Gasteiger partial charge in [-0.05, 0) is 35.9 Å². The number of hydrogen-bond donors (Lipinski definition) is 1. The van der Waals surface area contributed by atoms with Gasteiger partial charge in [0.1, 0.15) is 0 Å². The van der Waals surface area contributed by atoms with E-state index in [-0.39, 0.29) is 11.5 Å². The molecule has 0 spiro atoms. The van der Waals surface area contributed by atoms with E-state index in [9.17, 15) is 9.59 Å². The van der Waals surface area contributed by atoms with E-state index in [2.05, 4.69) is 9.97 Å². The van der Waals surface area contributed by atoms with Crippen LogP contribution in [0.15, 0.2) is 96.2 Å². The van der Waals surface area contributed by atoms with Gasteiger partial charge in [-0.25, -0.2) is 4.79 Å². The van der Waals surface area contributed by atoms with Crippen LogP contribution in [0.4, 0.5) is 0 Å². The molecule has 0 aliphatic rings. The lowest BCUT2D eigenvalue weighted by molar-refractivity contribution is 0.104. The van der Waals surface area contributed by atoms with E-state index < -0.39 is 0 Å². The standard InChI is InChI=1S/C23H17N3O2/c27-22(12-11-17-6-2-1-3-7-17)18-8-4-10-20(14-18)26-21(16-25-23(26)28)19-9-5-13-24-15-19/h1-16H,(H,25,28). The van der Waals surface area contributed by atoms with Gasteiger partial charge in [0, 0.05) is 29.7 Å². The van der Waals surface area contributed by atoms with Gasteiger partial charge in [-0.1, -0.05) is 48.5 Å². The van der Waals surface area contributed by atoms with Gasteiger partial charge in [-0.15, -0.1) is 0 Å². The molecule has 1 N–H and O–H groups in total. The number of aromatic nitrogens is 3. The number of benzene rings is 2. The first-order valence-corrected chi connectivity index (χ1v) is 8.81. The Labute approximate surface area is 161 Å². The number of hydrogen-bond acceptors (Lipinski definition) is 3. The van der Waals surface area contributed by atoms with Crippen molar-refractivity contribution in [3.63, 3.8) is 0 Å². The Morgan fingerprint density at radius 3 is 2.64 bits per heavy atom. The van der Waals surface area contributed by atoms with Crippen molar-refractivity contribution in [1.82, 2.24) is 14.5 Å². The summed E-state index contributed by atoms with van der Waals surface area (Å²) in [6, 6.07) is 20.3. The highest BCUT2D eigenvalue weighted by Gasteiger charge is 2.12. The molecule has 0 saturated carbocycles. The van der Waals surface area contributed by atoms with Crippen LogP contribution in [0.25, 0.3) is 23.0 Å². The number of aromatic amines is 1. The van der Waals surface area contributed by atoms with Crippen LogP contribution in [0, 0.1) is 0 Å². The lowest BCUT2D eigenvalue weighted by Gasteiger charge is -2.08. The van der Waals surface area contributed by atoms with Crippen molar-refractivity contribution in [3.8, 4) is 16.9 Å². The number of ketones is 1. The van der Waals surface area contributed by atoms with Gasteiger partial charge < -0.3 is 4.98 Å². The van der Waals surface area contributed by atoms with Crippen molar-refractivity contribution in [3.05, 3.63) is 113 Å². The predicted octanol–water partition coefficient (Wildman–Crippen LogP) is 4.12. The zero-order chi connectivity index (χ0) is 19.3. The average molecular weight is 367 g/mol. The van der Waals surface area contributed by atoms with E-state index in [4.69, 9.17) is 0 Å². The van der Waals surface area contributed by atoms with Crippen LogP contribution in [-0.2, 0) is 0 Å². The molecule has 0 aliphatic heterocycles. The van der Waals surface area contributed by atoms with E-state index in [1.165, 1.54) is 10.6 Å². The van der Waals surface area contributed by atoms with Crippen molar-refractivity contribution < 1.29 is 4.79 Å². The Morgan fingerprint density at radius 1 is 1.00 bits per heavy atom. The van der Waals surface area contributed by atoms with E-state index in [0.717, 1.165) is 11.1 Å². The van der Waals surface area contributed by atoms with Crippen molar-refractivity contribution in [1.29, 1.82) is 0 Å². The smallest absolute Gasteiger partial charge is 0.312 e. The molecular formula is C23H17N3O2. The maximum atomic E-state index is 12.6. The average Bonchev–Trinajstić information content (AvgIpc) is 3.15.